The summed E-state index contributed by atoms with van der Waals surface area (Å²) in [5, 5.41) is 0. The molecule has 2 N–H and O–H groups in total. The Bertz CT molecular complexity index is 243. The maximum Gasteiger partial charge on any atom is 0.0218 e. The fourth-order valence-electron chi connectivity index (χ4n) is 3.91. The second-order valence-corrected chi connectivity index (χ2v) is 6.87. The highest BCUT2D eigenvalue weighted by molar-refractivity contribution is 4.81. The number of nitrogens with zero attached hydrogens (tertiary/aromatic N) is 2. The van der Waals surface area contributed by atoms with Crippen LogP contribution in [0.25, 0.3) is 0 Å². The van der Waals surface area contributed by atoms with Crippen molar-refractivity contribution in [2.24, 2.45) is 11.7 Å². The Morgan fingerprint density at radius 3 is 2.35 bits per heavy atom. The summed E-state index contributed by atoms with van der Waals surface area (Å²) in [5.74, 6) is 0.943. The van der Waals surface area contributed by atoms with Gasteiger partial charge >= 0.3 is 0 Å². The highest BCUT2D eigenvalue weighted by Crippen LogP contribution is 2.23. The van der Waals surface area contributed by atoms with Crippen molar-refractivity contribution in [3.05, 3.63) is 0 Å². The molecule has 0 aromatic heterocycles. The first-order chi connectivity index (χ1) is 9.83. The summed E-state index contributed by atoms with van der Waals surface area (Å²) >= 11 is 0. The average Bonchev–Trinajstić information content (AvgIpc) is 2.98. The van der Waals surface area contributed by atoms with Crippen molar-refractivity contribution < 1.29 is 0 Å². The third-order valence-electron chi connectivity index (χ3n) is 5.29. The lowest BCUT2D eigenvalue weighted by Crippen LogP contribution is -2.46. The average molecular weight is 281 g/mol. The summed E-state index contributed by atoms with van der Waals surface area (Å²) in [6, 6.07) is 0.647. The summed E-state index contributed by atoms with van der Waals surface area (Å²) in [6.45, 7) is 9.75. The molecule has 0 radical (unpaired) electrons. The molecule has 2 rings (SSSR count). The molecule has 2 fully saturated rings. The van der Waals surface area contributed by atoms with Crippen molar-refractivity contribution in [1.82, 2.24) is 9.80 Å². The summed E-state index contributed by atoms with van der Waals surface area (Å²) in [7, 11) is 0. The molecule has 0 spiro atoms. The fourth-order valence-corrected chi connectivity index (χ4v) is 3.91. The third kappa shape index (κ3) is 5.01. The maximum absolute atomic E-state index is 6.00. The van der Waals surface area contributed by atoms with E-state index in [1.54, 1.807) is 0 Å². The van der Waals surface area contributed by atoms with E-state index in [4.69, 9.17) is 5.73 Å². The minimum absolute atomic E-state index is 0.647. The first kappa shape index (κ1) is 16.3. The molecule has 2 heterocycles. The van der Waals surface area contributed by atoms with Crippen LogP contribution in [0, 0.1) is 5.92 Å². The fraction of sp³-hybridized carbons (Fsp3) is 1.00. The van der Waals surface area contributed by atoms with E-state index in [0.717, 1.165) is 12.5 Å². The van der Waals surface area contributed by atoms with E-state index in [1.165, 1.54) is 84.1 Å². The molecule has 2 saturated heterocycles. The minimum atomic E-state index is 0.647. The van der Waals surface area contributed by atoms with Gasteiger partial charge in [-0.15, -0.1) is 0 Å². The zero-order valence-electron chi connectivity index (χ0n) is 13.5. The molecule has 2 aliphatic heterocycles. The van der Waals surface area contributed by atoms with Gasteiger partial charge in [0.25, 0.3) is 0 Å². The molecule has 20 heavy (non-hydrogen) atoms. The van der Waals surface area contributed by atoms with E-state index in [-0.39, 0.29) is 0 Å². The molecule has 3 nitrogen and oxygen atoms in total. The molecule has 3 heteroatoms. The van der Waals surface area contributed by atoms with Crippen molar-refractivity contribution in [2.75, 3.05) is 39.3 Å². The smallest absolute Gasteiger partial charge is 0.0218 e. The molecule has 0 aliphatic carbocycles. The van der Waals surface area contributed by atoms with Gasteiger partial charge in [-0.05, 0) is 64.2 Å². The zero-order chi connectivity index (χ0) is 14.2. The van der Waals surface area contributed by atoms with Crippen LogP contribution < -0.4 is 5.73 Å². The Kier molecular flexibility index (Phi) is 7.32. The van der Waals surface area contributed by atoms with Crippen LogP contribution >= 0.6 is 0 Å². The molecule has 1 atom stereocenters. The lowest BCUT2D eigenvalue weighted by Gasteiger charge is -2.38. The van der Waals surface area contributed by atoms with Crippen LogP contribution in [0.2, 0.25) is 0 Å². The van der Waals surface area contributed by atoms with E-state index in [1.807, 2.05) is 0 Å². The van der Waals surface area contributed by atoms with Crippen molar-refractivity contribution in [3.63, 3.8) is 0 Å². The lowest BCUT2D eigenvalue weighted by atomic mass is 9.94. The molecule has 0 saturated carbocycles. The van der Waals surface area contributed by atoms with Gasteiger partial charge in [-0.1, -0.05) is 26.2 Å². The van der Waals surface area contributed by atoms with Crippen LogP contribution in [-0.4, -0.2) is 55.1 Å². The molecule has 1 unspecified atom stereocenters. The maximum atomic E-state index is 6.00. The van der Waals surface area contributed by atoms with E-state index >= 15 is 0 Å². The number of nitrogens with two attached hydrogens (primary N) is 1. The molecule has 0 amide bonds. The van der Waals surface area contributed by atoms with Crippen LogP contribution in [0.3, 0.4) is 0 Å². The Morgan fingerprint density at radius 2 is 1.75 bits per heavy atom. The first-order valence-corrected chi connectivity index (χ1v) is 9.00. The van der Waals surface area contributed by atoms with Gasteiger partial charge in [0.15, 0.2) is 0 Å². The highest BCUT2D eigenvalue weighted by atomic mass is 15.2. The SMILES string of the molecule is CCCCCC(CN)N1CCC(CN2CCCC2)CC1. The molecule has 0 aromatic carbocycles. The Hall–Kier alpha value is -0.120. The van der Waals surface area contributed by atoms with Crippen molar-refractivity contribution >= 4 is 0 Å². The van der Waals surface area contributed by atoms with Gasteiger partial charge in [-0.3, -0.25) is 4.90 Å². The van der Waals surface area contributed by atoms with Crippen LogP contribution in [0.1, 0.15) is 58.3 Å². The van der Waals surface area contributed by atoms with E-state index in [2.05, 4.69) is 16.7 Å². The van der Waals surface area contributed by atoms with Crippen LogP contribution in [0.15, 0.2) is 0 Å². The first-order valence-electron chi connectivity index (χ1n) is 9.00. The van der Waals surface area contributed by atoms with Crippen molar-refractivity contribution in [1.29, 1.82) is 0 Å². The summed E-state index contributed by atoms with van der Waals surface area (Å²) in [6.07, 6.45) is 11.0. The topological polar surface area (TPSA) is 32.5 Å². The third-order valence-corrected chi connectivity index (χ3v) is 5.29. The van der Waals surface area contributed by atoms with Crippen LogP contribution in [0.5, 0.6) is 0 Å². The molecular weight excluding hydrogens is 246 g/mol. The van der Waals surface area contributed by atoms with Crippen molar-refractivity contribution in [2.45, 2.75) is 64.3 Å². The summed E-state index contributed by atoms with van der Waals surface area (Å²) in [5.41, 5.74) is 6.00. The second kappa shape index (κ2) is 9.01. The Morgan fingerprint density at radius 1 is 1.05 bits per heavy atom. The van der Waals surface area contributed by atoms with E-state index < -0.39 is 0 Å². The molecule has 0 bridgehead atoms. The van der Waals surface area contributed by atoms with Crippen LogP contribution in [-0.2, 0) is 0 Å². The second-order valence-electron chi connectivity index (χ2n) is 6.87. The largest absolute Gasteiger partial charge is 0.329 e. The van der Waals surface area contributed by atoms with E-state index in [9.17, 15) is 0 Å². The van der Waals surface area contributed by atoms with Gasteiger partial charge in [-0.2, -0.15) is 0 Å². The van der Waals surface area contributed by atoms with E-state index in [0.29, 0.717) is 6.04 Å². The molecular formula is C17H35N3. The van der Waals surface area contributed by atoms with Crippen molar-refractivity contribution in [3.8, 4) is 0 Å². The Labute approximate surface area is 125 Å². The minimum Gasteiger partial charge on any atom is -0.329 e. The molecule has 118 valence electrons. The highest BCUT2D eigenvalue weighted by Gasteiger charge is 2.25. The number of rotatable bonds is 8. The van der Waals surface area contributed by atoms with Gasteiger partial charge in [-0.25, -0.2) is 0 Å². The molecule has 0 aromatic rings. The van der Waals surface area contributed by atoms with Gasteiger partial charge in [0.2, 0.25) is 0 Å². The predicted molar refractivity (Wildman–Crippen MR) is 87.0 cm³/mol. The van der Waals surface area contributed by atoms with Gasteiger partial charge in [0, 0.05) is 19.1 Å². The van der Waals surface area contributed by atoms with Gasteiger partial charge in [0.05, 0.1) is 0 Å². The number of hydrogen-bond donors (Lipinski definition) is 1. The number of piperidine rings is 1. The standard InChI is InChI=1S/C17H35N3/c1-2-3-4-7-17(14-18)20-12-8-16(9-13-20)15-19-10-5-6-11-19/h16-17H,2-15,18H2,1H3. The normalized spacial score (nSPS) is 24.3. The number of likely N-dealkylation sites (tertiary alicyclic amines) is 2. The summed E-state index contributed by atoms with van der Waals surface area (Å²) < 4.78 is 0. The quantitative estimate of drug-likeness (QED) is 0.694. The number of unbranched alkanes of at least 4 members (excludes halogenated alkanes) is 2. The number of hydrogen-bond acceptors (Lipinski definition) is 3. The molecule has 2 aliphatic rings. The Balaban J connectivity index is 1.66. The monoisotopic (exact) mass is 281 g/mol. The summed E-state index contributed by atoms with van der Waals surface area (Å²) in [4.78, 5) is 5.36. The predicted octanol–water partition coefficient (Wildman–Crippen LogP) is 2.70. The lowest BCUT2D eigenvalue weighted by molar-refractivity contribution is 0.112. The zero-order valence-corrected chi connectivity index (χ0v) is 13.5. The van der Waals surface area contributed by atoms with Crippen LogP contribution in [0.4, 0.5) is 0 Å². The van der Waals surface area contributed by atoms with Gasteiger partial charge in [0.1, 0.15) is 0 Å². The van der Waals surface area contributed by atoms with Gasteiger partial charge < -0.3 is 10.6 Å².